The number of aryl methyl sites for hydroxylation is 1. The number of hydrogen-bond acceptors (Lipinski definition) is 7. The first kappa shape index (κ1) is 33.4. The molecule has 1 atom stereocenters. The summed E-state index contributed by atoms with van der Waals surface area (Å²) in [7, 11) is 1.71. The molecule has 45 heavy (non-hydrogen) atoms. The summed E-state index contributed by atoms with van der Waals surface area (Å²) in [6.45, 7) is 21.5. The molecule has 1 unspecified atom stereocenters. The van der Waals surface area contributed by atoms with E-state index in [9.17, 15) is 4.79 Å². The van der Waals surface area contributed by atoms with Crippen molar-refractivity contribution < 1.29 is 23.7 Å². The maximum absolute atomic E-state index is 11.9. The number of fused-ring (bicyclic) bond motifs is 2. The molecule has 0 fully saturated rings. The van der Waals surface area contributed by atoms with E-state index in [1.807, 2.05) is 37.3 Å². The van der Waals surface area contributed by atoms with E-state index in [1.54, 1.807) is 13.2 Å². The highest BCUT2D eigenvalue weighted by Gasteiger charge is 2.31. The molecular weight excluding hydrogens is 564 g/mol. The van der Waals surface area contributed by atoms with Crippen molar-refractivity contribution in [1.29, 1.82) is 0 Å². The normalized spacial score (nSPS) is 15.0. The molecule has 1 aliphatic carbocycles. The predicted octanol–water partition coefficient (Wildman–Crippen LogP) is 7.43. The minimum absolute atomic E-state index is 0.0153. The molecule has 0 saturated heterocycles. The van der Waals surface area contributed by atoms with Gasteiger partial charge in [-0.15, -0.1) is 13.2 Å². The SMILES string of the molecule is C=CCOc1ccc2c(c1)OC1=CC(N(CC=C)CC=C)C=CC1=C2c1cc(C)c(N(CC)CCCC(=O)OCC)cc1OC. The van der Waals surface area contributed by atoms with Gasteiger partial charge in [0.15, 0.2) is 0 Å². The summed E-state index contributed by atoms with van der Waals surface area (Å²) < 4.78 is 23.6. The zero-order valence-corrected chi connectivity index (χ0v) is 27.1. The lowest BCUT2D eigenvalue weighted by molar-refractivity contribution is -0.143. The van der Waals surface area contributed by atoms with Gasteiger partial charge < -0.3 is 23.8 Å². The Balaban J connectivity index is 1.80. The van der Waals surface area contributed by atoms with Gasteiger partial charge in [0.2, 0.25) is 0 Å². The van der Waals surface area contributed by atoms with Gasteiger partial charge in [-0.3, -0.25) is 9.69 Å². The number of rotatable bonds is 17. The van der Waals surface area contributed by atoms with E-state index in [0.717, 1.165) is 71.2 Å². The van der Waals surface area contributed by atoms with Crippen LogP contribution < -0.4 is 19.1 Å². The van der Waals surface area contributed by atoms with E-state index in [0.29, 0.717) is 37.6 Å². The molecule has 0 radical (unpaired) electrons. The number of ether oxygens (including phenoxy) is 4. The number of esters is 1. The van der Waals surface area contributed by atoms with E-state index in [4.69, 9.17) is 18.9 Å². The number of methoxy groups -OCH3 is 1. The van der Waals surface area contributed by atoms with Crippen LogP contribution in [-0.2, 0) is 9.53 Å². The van der Waals surface area contributed by atoms with Gasteiger partial charge in [0.25, 0.3) is 0 Å². The summed E-state index contributed by atoms with van der Waals surface area (Å²) in [5.74, 6) is 2.80. The average molecular weight is 611 g/mol. The highest BCUT2D eigenvalue weighted by atomic mass is 16.5. The monoisotopic (exact) mass is 610 g/mol. The Labute approximate surface area is 268 Å². The molecule has 2 aromatic carbocycles. The van der Waals surface area contributed by atoms with Crippen molar-refractivity contribution in [2.45, 2.75) is 39.7 Å². The van der Waals surface area contributed by atoms with E-state index in [-0.39, 0.29) is 12.0 Å². The second-order valence-electron chi connectivity index (χ2n) is 10.9. The lowest BCUT2D eigenvalue weighted by atomic mass is 9.85. The van der Waals surface area contributed by atoms with Crippen molar-refractivity contribution >= 4 is 17.2 Å². The van der Waals surface area contributed by atoms with Gasteiger partial charge in [0, 0.05) is 72.7 Å². The van der Waals surface area contributed by atoms with Gasteiger partial charge in [0.05, 0.1) is 19.8 Å². The molecule has 2 aliphatic rings. The fraction of sp³-hybridized carbons (Fsp3) is 0.342. The molecule has 0 bridgehead atoms. The minimum Gasteiger partial charge on any atom is -0.496 e. The van der Waals surface area contributed by atoms with Crippen molar-refractivity contribution in [1.82, 2.24) is 4.90 Å². The third-order valence-electron chi connectivity index (χ3n) is 7.90. The van der Waals surface area contributed by atoms with Crippen molar-refractivity contribution in [3.05, 3.63) is 115 Å². The zero-order valence-electron chi connectivity index (χ0n) is 27.1. The molecule has 4 rings (SSSR count). The molecule has 0 amide bonds. The van der Waals surface area contributed by atoms with Crippen LogP contribution in [0, 0.1) is 6.92 Å². The van der Waals surface area contributed by atoms with Gasteiger partial charge >= 0.3 is 5.97 Å². The summed E-state index contributed by atoms with van der Waals surface area (Å²) in [5, 5.41) is 0. The molecular formula is C38H46N2O5. The third-order valence-corrected chi connectivity index (χ3v) is 7.90. The molecule has 2 aromatic rings. The fourth-order valence-corrected chi connectivity index (χ4v) is 5.82. The Hall–Kier alpha value is -4.49. The predicted molar refractivity (Wildman–Crippen MR) is 183 cm³/mol. The van der Waals surface area contributed by atoms with Crippen LogP contribution >= 0.6 is 0 Å². The molecule has 0 aromatic heterocycles. The van der Waals surface area contributed by atoms with Crippen molar-refractivity contribution in [3.63, 3.8) is 0 Å². The maximum Gasteiger partial charge on any atom is 0.305 e. The molecule has 7 nitrogen and oxygen atoms in total. The number of benzene rings is 2. The van der Waals surface area contributed by atoms with E-state index in [2.05, 4.69) is 73.7 Å². The van der Waals surface area contributed by atoms with Crippen LogP contribution in [0.5, 0.6) is 17.2 Å². The molecule has 1 heterocycles. The van der Waals surface area contributed by atoms with E-state index >= 15 is 0 Å². The van der Waals surface area contributed by atoms with Crippen LogP contribution in [0.25, 0.3) is 5.57 Å². The number of hydrogen-bond donors (Lipinski definition) is 0. The Morgan fingerprint density at radius 1 is 1.04 bits per heavy atom. The van der Waals surface area contributed by atoms with Crippen LogP contribution in [0.4, 0.5) is 5.69 Å². The van der Waals surface area contributed by atoms with Crippen molar-refractivity contribution in [2.75, 3.05) is 51.4 Å². The topological polar surface area (TPSA) is 60.5 Å². The summed E-state index contributed by atoms with van der Waals surface area (Å²) >= 11 is 0. The highest BCUT2D eigenvalue weighted by Crippen LogP contribution is 2.48. The molecule has 7 heteroatoms. The number of nitrogens with zero attached hydrogens (tertiary/aromatic N) is 2. The first-order chi connectivity index (χ1) is 21.9. The van der Waals surface area contributed by atoms with Crippen LogP contribution in [0.1, 0.15) is 43.4 Å². The summed E-state index contributed by atoms with van der Waals surface area (Å²) in [6, 6.07) is 10.3. The Morgan fingerprint density at radius 3 is 2.49 bits per heavy atom. The number of carbonyl (C=O) groups is 1. The van der Waals surface area contributed by atoms with Gasteiger partial charge in [0.1, 0.15) is 29.6 Å². The highest BCUT2D eigenvalue weighted by molar-refractivity contribution is 5.93. The Morgan fingerprint density at radius 2 is 1.82 bits per heavy atom. The number of anilines is 1. The summed E-state index contributed by atoms with van der Waals surface area (Å²) in [4.78, 5) is 16.5. The largest absolute Gasteiger partial charge is 0.496 e. The lowest BCUT2D eigenvalue weighted by Crippen LogP contribution is -2.34. The number of carbonyl (C=O) groups excluding carboxylic acids is 1. The van der Waals surface area contributed by atoms with E-state index < -0.39 is 0 Å². The average Bonchev–Trinajstić information content (AvgIpc) is 3.04. The van der Waals surface area contributed by atoms with E-state index in [1.165, 1.54) is 0 Å². The van der Waals surface area contributed by atoms with Gasteiger partial charge in [-0.25, -0.2) is 0 Å². The van der Waals surface area contributed by atoms with Gasteiger partial charge in [-0.1, -0.05) is 37.0 Å². The second-order valence-corrected chi connectivity index (χ2v) is 10.9. The van der Waals surface area contributed by atoms with Crippen LogP contribution in [0.15, 0.2) is 97.9 Å². The third kappa shape index (κ3) is 7.78. The lowest BCUT2D eigenvalue weighted by Gasteiger charge is -2.33. The van der Waals surface area contributed by atoms with Crippen molar-refractivity contribution in [3.8, 4) is 17.2 Å². The Kier molecular flexibility index (Phi) is 11.9. The maximum atomic E-state index is 11.9. The smallest absolute Gasteiger partial charge is 0.305 e. The molecule has 1 aliphatic heterocycles. The first-order valence-corrected chi connectivity index (χ1v) is 15.6. The Bertz CT molecular complexity index is 1490. The summed E-state index contributed by atoms with van der Waals surface area (Å²) in [5.41, 5.74) is 6.14. The van der Waals surface area contributed by atoms with Crippen LogP contribution in [-0.4, -0.2) is 63.4 Å². The second kappa shape index (κ2) is 16.0. The van der Waals surface area contributed by atoms with Crippen LogP contribution in [0.2, 0.25) is 0 Å². The van der Waals surface area contributed by atoms with Gasteiger partial charge in [-0.2, -0.15) is 0 Å². The molecule has 0 spiro atoms. The summed E-state index contributed by atoms with van der Waals surface area (Å²) in [6.07, 6.45) is 13.1. The standard InChI is InChI=1S/C38H46N2O5/c1-8-19-40(20-9-2)28-15-17-30-35(24-28)45-36-25-29(44-22-10-3)16-18-31(36)38(30)32-23-27(6)33(26-34(32)42-7)39(11-4)21-13-14-37(41)43-12-5/h8-10,15-18,23-26,28H,1-3,11-14,19-22H2,4-7H3. The first-order valence-electron chi connectivity index (χ1n) is 15.6. The molecule has 0 N–H and O–H groups in total. The van der Waals surface area contributed by atoms with Gasteiger partial charge in [-0.05, 0) is 57.0 Å². The zero-order chi connectivity index (χ0) is 32.3. The van der Waals surface area contributed by atoms with Crippen LogP contribution in [0.3, 0.4) is 0 Å². The van der Waals surface area contributed by atoms with Crippen molar-refractivity contribution in [2.24, 2.45) is 0 Å². The number of allylic oxidation sites excluding steroid dienone is 1. The molecule has 238 valence electrons. The quantitative estimate of drug-likeness (QED) is 0.136. The minimum atomic E-state index is -0.161. The fourth-order valence-electron chi connectivity index (χ4n) is 5.82. The molecule has 0 saturated carbocycles.